The topological polar surface area (TPSA) is 100 Å². The van der Waals surface area contributed by atoms with E-state index in [0.717, 1.165) is 22.2 Å². The van der Waals surface area contributed by atoms with Crippen LogP contribution in [0, 0.1) is 6.92 Å². The molecule has 3 rings (SSSR count). The van der Waals surface area contributed by atoms with Crippen LogP contribution in [0.15, 0.2) is 12.1 Å². The highest BCUT2D eigenvalue weighted by Crippen LogP contribution is 2.41. The molecule has 3 aromatic rings. The first-order valence-electron chi connectivity index (χ1n) is 11.1. The summed E-state index contributed by atoms with van der Waals surface area (Å²) in [5.74, 6) is -1.01. The van der Waals surface area contributed by atoms with Crippen molar-refractivity contribution in [3.8, 4) is 11.1 Å². The molecule has 180 valence electrons. The second kappa shape index (κ2) is 9.25. The molecule has 0 amide bonds. The molecular formula is C24H34ClN3O4Si. The molecule has 0 saturated carbocycles. The van der Waals surface area contributed by atoms with E-state index in [0.29, 0.717) is 41.2 Å². The molecule has 0 atom stereocenters. The number of hydrogen-bond acceptors (Lipinski definition) is 4. The molecule has 3 N–H and O–H groups in total. The predicted molar refractivity (Wildman–Crippen MR) is 135 cm³/mol. The van der Waals surface area contributed by atoms with Gasteiger partial charge in [-0.2, -0.15) is 5.10 Å². The van der Waals surface area contributed by atoms with Gasteiger partial charge in [0.2, 0.25) is 0 Å². The monoisotopic (exact) mass is 491 g/mol. The van der Waals surface area contributed by atoms with Crippen molar-refractivity contribution in [3.05, 3.63) is 39.8 Å². The van der Waals surface area contributed by atoms with Gasteiger partial charge in [-0.1, -0.05) is 38.4 Å². The average molecular weight is 492 g/mol. The lowest BCUT2D eigenvalue weighted by molar-refractivity contribution is 0.0690. The Balaban J connectivity index is 2.03. The molecule has 1 aromatic carbocycles. The Kier molecular flexibility index (Phi) is 7.15. The van der Waals surface area contributed by atoms with E-state index < -0.39 is 14.3 Å². The molecule has 0 unspecified atom stereocenters. The predicted octanol–water partition coefficient (Wildman–Crippen LogP) is 5.68. The summed E-state index contributed by atoms with van der Waals surface area (Å²) < 4.78 is 7.98. The van der Waals surface area contributed by atoms with Crippen molar-refractivity contribution in [2.45, 2.75) is 65.3 Å². The highest BCUT2D eigenvalue weighted by molar-refractivity contribution is 6.74. The SMILES string of the molecule is Cc1c(-c2c(Cl)ccc3c(CCCO[Si](C)(C)C(C)(C)C)c(C(=O)O)[nH]c23)c(CO)nn1C. The summed E-state index contributed by atoms with van der Waals surface area (Å²) in [6, 6.07) is 3.64. The summed E-state index contributed by atoms with van der Waals surface area (Å²) in [5, 5.41) is 25.6. The first kappa shape index (κ1) is 25.5. The number of hydrogen-bond donors (Lipinski definition) is 3. The number of aryl methyl sites for hydroxylation is 2. The fourth-order valence-corrected chi connectivity index (χ4v) is 5.23. The number of aliphatic hydroxyl groups excluding tert-OH is 1. The number of aromatic carboxylic acids is 1. The van der Waals surface area contributed by atoms with Crippen molar-refractivity contribution in [1.29, 1.82) is 0 Å². The third kappa shape index (κ3) is 4.75. The van der Waals surface area contributed by atoms with Gasteiger partial charge < -0.3 is 19.6 Å². The van der Waals surface area contributed by atoms with Gasteiger partial charge in [0.05, 0.1) is 22.8 Å². The van der Waals surface area contributed by atoms with Gasteiger partial charge in [0.25, 0.3) is 0 Å². The largest absolute Gasteiger partial charge is 0.477 e. The van der Waals surface area contributed by atoms with Crippen molar-refractivity contribution in [2.75, 3.05) is 6.61 Å². The fourth-order valence-electron chi connectivity index (χ4n) is 3.89. The summed E-state index contributed by atoms with van der Waals surface area (Å²) in [5.41, 5.74) is 4.27. The summed E-state index contributed by atoms with van der Waals surface area (Å²) in [6.45, 7) is 13.3. The number of nitrogens with one attached hydrogen (secondary N) is 1. The van der Waals surface area contributed by atoms with Crippen molar-refractivity contribution in [2.24, 2.45) is 7.05 Å². The molecule has 0 aliphatic heterocycles. The van der Waals surface area contributed by atoms with Gasteiger partial charge in [0, 0.05) is 35.9 Å². The number of carboxylic acids is 1. The van der Waals surface area contributed by atoms with E-state index in [2.05, 4.69) is 43.9 Å². The quantitative estimate of drug-likeness (QED) is 0.278. The van der Waals surface area contributed by atoms with Gasteiger partial charge in [0.1, 0.15) is 5.69 Å². The minimum atomic E-state index is -1.87. The van der Waals surface area contributed by atoms with Crippen molar-refractivity contribution in [1.82, 2.24) is 14.8 Å². The summed E-state index contributed by atoms with van der Waals surface area (Å²) >= 11 is 6.61. The molecule has 2 aromatic heterocycles. The number of benzene rings is 1. The van der Waals surface area contributed by atoms with E-state index in [4.69, 9.17) is 16.0 Å². The molecule has 0 saturated heterocycles. The maximum atomic E-state index is 12.1. The van der Waals surface area contributed by atoms with Crippen LogP contribution in [0.4, 0.5) is 0 Å². The number of fused-ring (bicyclic) bond motifs is 1. The molecule has 7 nitrogen and oxygen atoms in total. The van der Waals surface area contributed by atoms with E-state index in [9.17, 15) is 15.0 Å². The van der Waals surface area contributed by atoms with Crippen LogP contribution < -0.4 is 0 Å². The number of aromatic amines is 1. The first-order chi connectivity index (χ1) is 15.3. The van der Waals surface area contributed by atoms with Crippen molar-refractivity contribution < 1.29 is 19.4 Å². The lowest BCUT2D eigenvalue weighted by Crippen LogP contribution is -2.41. The van der Waals surface area contributed by atoms with Gasteiger partial charge in [0.15, 0.2) is 8.32 Å². The zero-order valence-electron chi connectivity index (χ0n) is 20.5. The Bertz CT molecular complexity index is 1190. The molecule has 9 heteroatoms. The Labute approximate surface area is 200 Å². The third-order valence-electron chi connectivity index (χ3n) is 6.89. The van der Waals surface area contributed by atoms with Crippen LogP contribution in [0.25, 0.3) is 22.0 Å². The Hall–Kier alpha value is -2.13. The number of nitrogens with zero attached hydrogens (tertiary/aromatic N) is 2. The van der Waals surface area contributed by atoms with E-state index in [1.165, 1.54) is 0 Å². The zero-order chi connectivity index (χ0) is 24.7. The van der Waals surface area contributed by atoms with Crippen LogP contribution in [0.1, 0.15) is 54.6 Å². The summed E-state index contributed by atoms with van der Waals surface area (Å²) in [7, 11) is -0.0628. The molecule has 0 radical (unpaired) electrons. The number of H-pyrrole nitrogens is 1. The molecule has 0 aliphatic carbocycles. The van der Waals surface area contributed by atoms with E-state index in [1.807, 2.05) is 13.0 Å². The van der Waals surface area contributed by atoms with Crippen LogP contribution in [0.5, 0.6) is 0 Å². The second-order valence-electron chi connectivity index (χ2n) is 10.0. The molecule has 2 heterocycles. The summed E-state index contributed by atoms with van der Waals surface area (Å²) in [6.07, 6.45) is 1.28. The Morgan fingerprint density at radius 1 is 1.27 bits per heavy atom. The highest BCUT2D eigenvalue weighted by atomic mass is 35.5. The van der Waals surface area contributed by atoms with Gasteiger partial charge in [-0.25, -0.2) is 4.79 Å². The normalized spacial score (nSPS) is 12.6. The second-order valence-corrected chi connectivity index (χ2v) is 15.2. The molecular weight excluding hydrogens is 458 g/mol. The average Bonchev–Trinajstić information content (AvgIpc) is 3.22. The van der Waals surface area contributed by atoms with Crippen molar-refractivity contribution in [3.63, 3.8) is 0 Å². The maximum Gasteiger partial charge on any atom is 0.352 e. The van der Waals surface area contributed by atoms with Crippen LogP contribution in [0.3, 0.4) is 0 Å². The first-order valence-corrected chi connectivity index (χ1v) is 14.4. The van der Waals surface area contributed by atoms with Gasteiger partial charge >= 0.3 is 5.97 Å². The molecule has 0 aliphatic rings. The highest BCUT2D eigenvalue weighted by Gasteiger charge is 2.36. The molecule has 0 fully saturated rings. The van der Waals surface area contributed by atoms with Gasteiger partial charge in [-0.15, -0.1) is 0 Å². The smallest absolute Gasteiger partial charge is 0.352 e. The minimum absolute atomic E-state index is 0.123. The number of carbonyl (C=O) groups is 1. The van der Waals surface area contributed by atoms with E-state index in [-0.39, 0.29) is 17.3 Å². The zero-order valence-corrected chi connectivity index (χ0v) is 22.2. The fraction of sp³-hybridized carbons (Fsp3) is 0.500. The van der Waals surface area contributed by atoms with Crippen LogP contribution >= 0.6 is 11.6 Å². The number of aromatic nitrogens is 3. The standard InChI is InChI=1S/C24H34ClN3O4Si/c1-14-19(18(13-29)27-28(14)5)20-17(25)11-10-16-15(22(23(30)31)26-21(16)20)9-8-12-32-33(6,7)24(2,3)4/h10-11,26,29H,8-9,12-13H2,1-7H3,(H,30,31). The van der Waals surface area contributed by atoms with Crippen LogP contribution in [0.2, 0.25) is 23.2 Å². The molecule has 0 spiro atoms. The summed E-state index contributed by atoms with van der Waals surface area (Å²) in [4.78, 5) is 15.2. The van der Waals surface area contributed by atoms with E-state index in [1.54, 1.807) is 17.8 Å². The van der Waals surface area contributed by atoms with Gasteiger partial charge in [-0.05, 0) is 49.5 Å². The number of carboxylic acid groups (broad SMARTS) is 1. The van der Waals surface area contributed by atoms with E-state index >= 15 is 0 Å². The lowest BCUT2D eigenvalue weighted by atomic mass is 9.98. The Morgan fingerprint density at radius 2 is 1.94 bits per heavy atom. The van der Waals surface area contributed by atoms with Crippen LogP contribution in [-0.2, 0) is 24.5 Å². The maximum absolute atomic E-state index is 12.1. The number of aliphatic hydroxyl groups is 1. The number of halogens is 1. The number of rotatable bonds is 8. The van der Waals surface area contributed by atoms with Gasteiger partial charge in [-0.3, -0.25) is 4.68 Å². The van der Waals surface area contributed by atoms with Crippen molar-refractivity contribution >= 4 is 36.8 Å². The lowest BCUT2D eigenvalue weighted by Gasteiger charge is -2.36. The third-order valence-corrected chi connectivity index (χ3v) is 11.7. The Morgan fingerprint density at radius 3 is 2.52 bits per heavy atom. The molecule has 0 bridgehead atoms. The molecule has 33 heavy (non-hydrogen) atoms. The minimum Gasteiger partial charge on any atom is -0.477 e. The van der Waals surface area contributed by atoms with Crippen LogP contribution in [-0.4, -0.2) is 45.9 Å².